The number of rotatable bonds is 8. The molecule has 2 N–H and O–H groups in total. The zero-order chi connectivity index (χ0) is 20.6. The smallest absolute Gasteiger partial charge is 0.238 e. The fraction of sp³-hybridized carbons (Fsp3) is 0.409. The Morgan fingerprint density at radius 2 is 1.62 bits per heavy atom. The van der Waals surface area contributed by atoms with E-state index in [1.165, 1.54) is 0 Å². The van der Waals surface area contributed by atoms with Gasteiger partial charge in [0.1, 0.15) is 5.75 Å². The fourth-order valence-electron chi connectivity index (χ4n) is 3.36. The Balaban J connectivity index is 1.51. The highest BCUT2D eigenvalue weighted by atomic mass is 16.5. The van der Waals surface area contributed by atoms with E-state index in [2.05, 4.69) is 15.1 Å². The second kappa shape index (κ2) is 10.0. The SMILES string of the molecule is CCOc1ccc(NC(=O)CN2CCN(c3ccc(O)cc3)CC2)cc1OCC. The molecule has 7 heteroatoms. The second-order valence-corrected chi connectivity index (χ2v) is 6.86. The number of piperazine rings is 1. The standard InChI is InChI=1S/C22H29N3O4/c1-3-28-20-10-5-17(15-21(20)29-4-2)23-22(27)16-24-11-13-25(14-12-24)18-6-8-19(26)9-7-18/h5-10,15,26H,3-4,11-14,16H2,1-2H3,(H,23,27). The van der Waals surface area contributed by atoms with Gasteiger partial charge in [0.2, 0.25) is 5.91 Å². The zero-order valence-electron chi connectivity index (χ0n) is 17.1. The predicted octanol–water partition coefficient (Wildman–Crippen LogP) is 2.95. The summed E-state index contributed by atoms with van der Waals surface area (Å²) in [7, 11) is 0. The minimum absolute atomic E-state index is 0.0466. The van der Waals surface area contributed by atoms with Gasteiger partial charge in [-0.2, -0.15) is 0 Å². The topological polar surface area (TPSA) is 74.3 Å². The molecule has 0 atom stereocenters. The Kier molecular flexibility index (Phi) is 7.19. The lowest BCUT2D eigenvalue weighted by Crippen LogP contribution is -2.48. The molecule has 0 bridgehead atoms. The monoisotopic (exact) mass is 399 g/mol. The molecule has 0 aromatic heterocycles. The Morgan fingerprint density at radius 3 is 2.28 bits per heavy atom. The van der Waals surface area contributed by atoms with Crippen LogP contribution in [0.2, 0.25) is 0 Å². The molecule has 0 aliphatic carbocycles. The molecule has 2 aromatic carbocycles. The Hall–Kier alpha value is -2.93. The molecule has 1 fully saturated rings. The van der Waals surface area contributed by atoms with Crippen molar-refractivity contribution in [3.05, 3.63) is 42.5 Å². The van der Waals surface area contributed by atoms with Crippen LogP contribution in [0.4, 0.5) is 11.4 Å². The van der Waals surface area contributed by atoms with E-state index in [1.54, 1.807) is 18.2 Å². The van der Waals surface area contributed by atoms with Crippen molar-refractivity contribution in [2.24, 2.45) is 0 Å². The summed E-state index contributed by atoms with van der Waals surface area (Å²) in [6, 6.07) is 12.7. The van der Waals surface area contributed by atoms with Gasteiger partial charge in [-0.25, -0.2) is 0 Å². The number of hydrogen-bond donors (Lipinski definition) is 2. The summed E-state index contributed by atoms with van der Waals surface area (Å²) in [6.45, 7) is 8.58. The fourth-order valence-corrected chi connectivity index (χ4v) is 3.36. The molecule has 3 rings (SSSR count). The van der Waals surface area contributed by atoms with Gasteiger partial charge in [-0.15, -0.1) is 0 Å². The molecule has 1 heterocycles. The molecule has 0 radical (unpaired) electrons. The highest BCUT2D eigenvalue weighted by Gasteiger charge is 2.19. The minimum atomic E-state index is -0.0466. The van der Waals surface area contributed by atoms with Crippen molar-refractivity contribution in [2.75, 3.05) is 56.2 Å². The van der Waals surface area contributed by atoms with E-state index >= 15 is 0 Å². The molecular weight excluding hydrogens is 370 g/mol. The average Bonchev–Trinajstić information content (AvgIpc) is 2.71. The third-order valence-electron chi connectivity index (χ3n) is 4.78. The van der Waals surface area contributed by atoms with Crippen molar-refractivity contribution < 1.29 is 19.4 Å². The predicted molar refractivity (Wildman–Crippen MR) is 114 cm³/mol. The van der Waals surface area contributed by atoms with Gasteiger partial charge in [0.25, 0.3) is 0 Å². The van der Waals surface area contributed by atoms with E-state index in [9.17, 15) is 9.90 Å². The average molecular weight is 399 g/mol. The first-order valence-corrected chi connectivity index (χ1v) is 10.0. The van der Waals surface area contributed by atoms with E-state index < -0.39 is 0 Å². The number of amides is 1. The first-order valence-electron chi connectivity index (χ1n) is 10.0. The molecule has 1 amide bonds. The maximum Gasteiger partial charge on any atom is 0.238 e. The Morgan fingerprint density at radius 1 is 0.966 bits per heavy atom. The van der Waals surface area contributed by atoms with E-state index in [0.717, 1.165) is 31.9 Å². The maximum atomic E-state index is 12.5. The first-order chi connectivity index (χ1) is 14.1. The number of phenols is 1. The molecule has 7 nitrogen and oxygen atoms in total. The summed E-state index contributed by atoms with van der Waals surface area (Å²) in [5, 5.41) is 12.4. The highest BCUT2D eigenvalue weighted by molar-refractivity contribution is 5.92. The lowest BCUT2D eigenvalue weighted by atomic mass is 10.2. The second-order valence-electron chi connectivity index (χ2n) is 6.86. The van der Waals surface area contributed by atoms with Crippen LogP contribution in [-0.4, -0.2) is 61.9 Å². The molecule has 1 aliphatic rings. The number of carbonyl (C=O) groups is 1. The number of nitrogens with one attached hydrogen (secondary N) is 1. The van der Waals surface area contributed by atoms with Crippen LogP contribution in [0.5, 0.6) is 17.2 Å². The first kappa shape index (κ1) is 20.8. The number of aromatic hydroxyl groups is 1. The van der Waals surface area contributed by atoms with Crippen molar-refractivity contribution in [1.82, 2.24) is 4.90 Å². The van der Waals surface area contributed by atoms with Crippen LogP contribution < -0.4 is 19.7 Å². The van der Waals surface area contributed by atoms with Crippen molar-refractivity contribution in [3.63, 3.8) is 0 Å². The molecule has 1 saturated heterocycles. The van der Waals surface area contributed by atoms with E-state index in [1.807, 2.05) is 38.1 Å². The molecule has 0 spiro atoms. The zero-order valence-corrected chi connectivity index (χ0v) is 17.1. The largest absolute Gasteiger partial charge is 0.508 e. The van der Waals surface area contributed by atoms with Crippen LogP contribution in [0.15, 0.2) is 42.5 Å². The lowest BCUT2D eigenvalue weighted by molar-refractivity contribution is -0.117. The summed E-state index contributed by atoms with van der Waals surface area (Å²) >= 11 is 0. The number of carbonyl (C=O) groups excluding carboxylic acids is 1. The van der Waals surface area contributed by atoms with Crippen molar-refractivity contribution in [1.29, 1.82) is 0 Å². The van der Waals surface area contributed by atoms with Crippen LogP contribution in [0.3, 0.4) is 0 Å². The molecule has 0 saturated carbocycles. The van der Waals surface area contributed by atoms with E-state index in [0.29, 0.717) is 36.9 Å². The molecular formula is C22H29N3O4. The molecule has 29 heavy (non-hydrogen) atoms. The van der Waals surface area contributed by atoms with Crippen LogP contribution in [0.1, 0.15) is 13.8 Å². The summed E-state index contributed by atoms with van der Waals surface area (Å²) in [5.74, 6) is 1.54. The van der Waals surface area contributed by atoms with Gasteiger partial charge in [0.05, 0.1) is 19.8 Å². The Bertz CT molecular complexity index is 802. The Labute approximate surface area is 171 Å². The molecule has 156 valence electrons. The van der Waals surface area contributed by atoms with E-state index in [-0.39, 0.29) is 11.7 Å². The third kappa shape index (κ3) is 5.77. The lowest BCUT2D eigenvalue weighted by Gasteiger charge is -2.35. The summed E-state index contributed by atoms with van der Waals surface area (Å²) in [6.07, 6.45) is 0. The third-order valence-corrected chi connectivity index (χ3v) is 4.78. The molecule has 0 unspecified atom stereocenters. The number of phenolic OH excluding ortho intramolecular Hbond substituents is 1. The summed E-state index contributed by atoms with van der Waals surface area (Å²) in [4.78, 5) is 16.9. The molecule has 1 aliphatic heterocycles. The summed E-state index contributed by atoms with van der Waals surface area (Å²) in [5.41, 5.74) is 1.79. The van der Waals surface area contributed by atoms with Gasteiger partial charge < -0.3 is 24.8 Å². The van der Waals surface area contributed by atoms with Gasteiger partial charge >= 0.3 is 0 Å². The number of nitrogens with zero attached hydrogens (tertiary/aromatic N) is 2. The van der Waals surface area contributed by atoms with Crippen molar-refractivity contribution in [3.8, 4) is 17.2 Å². The van der Waals surface area contributed by atoms with Crippen molar-refractivity contribution >= 4 is 17.3 Å². The molecule has 2 aromatic rings. The summed E-state index contributed by atoms with van der Waals surface area (Å²) < 4.78 is 11.2. The van der Waals surface area contributed by atoms with Crippen molar-refractivity contribution in [2.45, 2.75) is 13.8 Å². The maximum absolute atomic E-state index is 12.5. The van der Waals surface area contributed by atoms with Gasteiger partial charge in [-0.05, 0) is 50.2 Å². The van der Waals surface area contributed by atoms with Gasteiger partial charge in [0.15, 0.2) is 11.5 Å². The number of hydrogen-bond acceptors (Lipinski definition) is 6. The van der Waals surface area contributed by atoms with E-state index in [4.69, 9.17) is 9.47 Å². The van der Waals surface area contributed by atoms with Crippen LogP contribution >= 0.6 is 0 Å². The van der Waals surface area contributed by atoms with Crippen LogP contribution in [-0.2, 0) is 4.79 Å². The number of anilines is 2. The number of ether oxygens (including phenoxy) is 2. The van der Waals surface area contributed by atoms with Gasteiger partial charge in [0, 0.05) is 43.6 Å². The minimum Gasteiger partial charge on any atom is -0.508 e. The normalized spacial score (nSPS) is 14.5. The van der Waals surface area contributed by atoms with Gasteiger partial charge in [-0.3, -0.25) is 9.69 Å². The quantitative estimate of drug-likeness (QED) is 0.711. The van der Waals surface area contributed by atoms with Crippen LogP contribution in [0.25, 0.3) is 0 Å². The number of benzene rings is 2. The van der Waals surface area contributed by atoms with Crippen LogP contribution in [0, 0.1) is 0 Å². The highest BCUT2D eigenvalue weighted by Crippen LogP contribution is 2.30. The van der Waals surface area contributed by atoms with Gasteiger partial charge in [-0.1, -0.05) is 0 Å².